The predicted octanol–water partition coefficient (Wildman–Crippen LogP) is 3.53. The third-order valence-electron chi connectivity index (χ3n) is 3.78. The first-order valence-corrected chi connectivity index (χ1v) is 7.91. The number of aromatic nitrogens is 4. The lowest BCUT2D eigenvalue weighted by atomic mass is 9.98. The van der Waals surface area contributed by atoms with Crippen LogP contribution in [0, 0.1) is 17.5 Å². The van der Waals surface area contributed by atoms with Gasteiger partial charge in [0.25, 0.3) is 0 Å². The molecule has 2 aromatic heterocycles. The molecule has 0 aliphatic heterocycles. The number of halogens is 3. The molecule has 136 valence electrons. The molecule has 26 heavy (non-hydrogen) atoms. The summed E-state index contributed by atoms with van der Waals surface area (Å²) in [6.07, 6.45) is 1.27. The molecule has 1 aromatic carbocycles. The van der Waals surface area contributed by atoms with Gasteiger partial charge in [-0.2, -0.15) is 4.68 Å². The van der Waals surface area contributed by atoms with E-state index in [4.69, 9.17) is 4.74 Å². The van der Waals surface area contributed by atoms with Gasteiger partial charge >= 0.3 is 5.97 Å². The minimum atomic E-state index is -1.35. The van der Waals surface area contributed by atoms with Crippen LogP contribution in [0.15, 0.2) is 18.3 Å². The second-order valence-corrected chi connectivity index (χ2v) is 5.85. The number of carbonyl (C=O) groups is 1. The molecule has 0 saturated heterocycles. The smallest absolute Gasteiger partial charge is 0.340 e. The number of benzene rings is 1. The molecular formula is C17H15F3N4O2. The van der Waals surface area contributed by atoms with Gasteiger partial charge in [0.05, 0.1) is 12.2 Å². The lowest BCUT2D eigenvalue weighted by Gasteiger charge is -2.12. The summed E-state index contributed by atoms with van der Waals surface area (Å²) < 4.78 is 47.1. The molecule has 3 aromatic rings. The largest absolute Gasteiger partial charge is 0.462 e. The number of hydrogen-bond donors (Lipinski definition) is 0. The van der Waals surface area contributed by atoms with E-state index in [1.165, 1.54) is 6.20 Å². The zero-order valence-electron chi connectivity index (χ0n) is 14.3. The van der Waals surface area contributed by atoms with Crippen LogP contribution in [-0.4, -0.2) is 32.6 Å². The molecule has 0 unspecified atom stereocenters. The summed E-state index contributed by atoms with van der Waals surface area (Å²) in [6.45, 7) is 5.53. The lowest BCUT2D eigenvalue weighted by Crippen LogP contribution is -2.11. The molecule has 0 N–H and O–H groups in total. The zero-order chi connectivity index (χ0) is 19.0. The number of nitrogens with zero attached hydrogens (tertiary/aromatic N) is 4. The molecule has 0 amide bonds. The Labute approximate surface area is 146 Å². The van der Waals surface area contributed by atoms with Gasteiger partial charge in [-0.15, -0.1) is 5.10 Å². The second-order valence-electron chi connectivity index (χ2n) is 5.85. The van der Waals surface area contributed by atoms with Gasteiger partial charge < -0.3 is 4.74 Å². The maximum Gasteiger partial charge on any atom is 0.340 e. The van der Waals surface area contributed by atoms with E-state index in [-0.39, 0.29) is 29.3 Å². The molecule has 0 aliphatic carbocycles. The topological polar surface area (TPSA) is 69.9 Å². The number of carbonyl (C=O) groups excluding carboxylic acids is 1. The molecular weight excluding hydrogens is 349 g/mol. The summed E-state index contributed by atoms with van der Waals surface area (Å²) in [5, 5.41) is 7.73. The van der Waals surface area contributed by atoms with Crippen molar-refractivity contribution >= 4 is 17.1 Å². The van der Waals surface area contributed by atoms with Crippen molar-refractivity contribution in [3.63, 3.8) is 0 Å². The van der Waals surface area contributed by atoms with Crippen molar-refractivity contribution in [3.05, 3.63) is 46.9 Å². The highest BCUT2D eigenvalue weighted by molar-refractivity contribution is 5.95. The van der Waals surface area contributed by atoms with Gasteiger partial charge in [0.15, 0.2) is 17.3 Å². The molecule has 0 spiro atoms. The van der Waals surface area contributed by atoms with Crippen LogP contribution < -0.4 is 0 Å². The normalized spacial score (nSPS) is 11.3. The number of rotatable bonds is 4. The van der Waals surface area contributed by atoms with Crippen LogP contribution in [0.5, 0.6) is 0 Å². The monoisotopic (exact) mass is 364 g/mol. The highest BCUT2D eigenvalue weighted by atomic mass is 19.2. The number of pyridine rings is 1. The molecule has 0 radical (unpaired) electrons. The third-order valence-corrected chi connectivity index (χ3v) is 3.78. The van der Waals surface area contributed by atoms with Gasteiger partial charge in [0.1, 0.15) is 17.0 Å². The number of fused-ring (bicyclic) bond motifs is 1. The Kier molecular flexibility index (Phi) is 4.62. The fraction of sp³-hybridized carbons (Fsp3) is 0.294. The van der Waals surface area contributed by atoms with Crippen LogP contribution in [0.3, 0.4) is 0 Å². The Morgan fingerprint density at radius 2 is 2.00 bits per heavy atom. The first-order valence-electron chi connectivity index (χ1n) is 7.91. The molecule has 3 rings (SSSR count). The van der Waals surface area contributed by atoms with E-state index in [2.05, 4.69) is 15.3 Å². The number of hydrogen-bond acceptors (Lipinski definition) is 5. The summed E-state index contributed by atoms with van der Waals surface area (Å²) in [7, 11) is 0. The Morgan fingerprint density at radius 3 is 2.65 bits per heavy atom. The summed E-state index contributed by atoms with van der Waals surface area (Å²) in [5.74, 6) is -4.31. The Hall–Kier alpha value is -2.97. The molecule has 2 heterocycles. The fourth-order valence-corrected chi connectivity index (χ4v) is 2.70. The van der Waals surface area contributed by atoms with Gasteiger partial charge in [-0.1, -0.05) is 19.1 Å². The maximum atomic E-state index is 14.1. The van der Waals surface area contributed by atoms with Crippen LogP contribution in [0.2, 0.25) is 0 Å². The minimum Gasteiger partial charge on any atom is -0.462 e. The van der Waals surface area contributed by atoms with Crippen molar-refractivity contribution in [1.29, 1.82) is 0 Å². The fourth-order valence-electron chi connectivity index (χ4n) is 2.70. The van der Waals surface area contributed by atoms with Crippen molar-refractivity contribution in [2.75, 3.05) is 6.61 Å². The van der Waals surface area contributed by atoms with Crippen LogP contribution in [0.1, 0.15) is 42.6 Å². The lowest BCUT2D eigenvalue weighted by molar-refractivity contribution is 0.0524. The second kappa shape index (κ2) is 6.74. The zero-order valence-corrected chi connectivity index (χ0v) is 14.3. The molecule has 0 aliphatic rings. The number of esters is 1. The van der Waals surface area contributed by atoms with E-state index < -0.39 is 29.1 Å². The van der Waals surface area contributed by atoms with Gasteiger partial charge in [0.2, 0.25) is 0 Å². The predicted molar refractivity (Wildman–Crippen MR) is 86.6 cm³/mol. The average molecular weight is 364 g/mol. The molecule has 0 fully saturated rings. The van der Waals surface area contributed by atoms with E-state index in [0.717, 1.165) is 10.7 Å². The van der Waals surface area contributed by atoms with Crippen molar-refractivity contribution in [2.45, 2.75) is 26.7 Å². The van der Waals surface area contributed by atoms with E-state index in [1.54, 1.807) is 6.92 Å². The van der Waals surface area contributed by atoms with Crippen molar-refractivity contribution < 1.29 is 22.7 Å². The SMILES string of the molecule is CCOC(=O)c1cnc2c(nnn2-c2cc(F)cc(F)c2F)c1C(C)C. The van der Waals surface area contributed by atoms with E-state index in [1.807, 2.05) is 13.8 Å². The third kappa shape index (κ3) is 2.89. The van der Waals surface area contributed by atoms with Crippen LogP contribution >= 0.6 is 0 Å². The quantitative estimate of drug-likeness (QED) is 0.523. The van der Waals surface area contributed by atoms with Crippen LogP contribution in [-0.2, 0) is 4.74 Å². The Morgan fingerprint density at radius 1 is 1.27 bits per heavy atom. The van der Waals surface area contributed by atoms with Crippen LogP contribution in [0.25, 0.3) is 16.9 Å². The van der Waals surface area contributed by atoms with Gasteiger partial charge in [-0.05, 0) is 12.8 Å². The Bertz CT molecular complexity index is 1000. The summed E-state index contributed by atoms with van der Waals surface area (Å²) >= 11 is 0. The molecule has 9 heteroatoms. The van der Waals surface area contributed by atoms with Gasteiger partial charge in [-0.25, -0.2) is 22.9 Å². The molecule has 0 atom stereocenters. The first-order chi connectivity index (χ1) is 12.3. The van der Waals surface area contributed by atoms with Crippen LogP contribution in [0.4, 0.5) is 13.2 Å². The van der Waals surface area contributed by atoms with E-state index in [0.29, 0.717) is 11.6 Å². The summed E-state index contributed by atoms with van der Waals surface area (Å²) in [4.78, 5) is 16.2. The van der Waals surface area contributed by atoms with Crippen molar-refractivity contribution in [1.82, 2.24) is 20.0 Å². The van der Waals surface area contributed by atoms with E-state index in [9.17, 15) is 18.0 Å². The van der Waals surface area contributed by atoms with Gasteiger partial charge in [-0.3, -0.25) is 0 Å². The van der Waals surface area contributed by atoms with Gasteiger partial charge in [0, 0.05) is 23.9 Å². The summed E-state index contributed by atoms with van der Waals surface area (Å²) in [5.41, 5.74) is 0.570. The average Bonchev–Trinajstić information content (AvgIpc) is 3.01. The standard InChI is InChI=1S/C17H15F3N4O2/c1-4-26-17(25)10-7-21-16-15(13(10)8(2)3)22-23-24(16)12-6-9(18)5-11(19)14(12)20/h5-8H,4H2,1-3H3. The molecule has 0 bridgehead atoms. The van der Waals surface area contributed by atoms with Crippen molar-refractivity contribution in [2.24, 2.45) is 0 Å². The summed E-state index contributed by atoms with van der Waals surface area (Å²) in [6, 6.07) is 1.23. The van der Waals surface area contributed by atoms with Crippen molar-refractivity contribution in [3.8, 4) is 5.69 Å². The minimum absolute atomic E-state index is 0.0747. The highest BCUT2D eigenvalue weighted by Gasteiger charge is 2.24. The maximum absolute atomic E-state index is 14.1. The number of ether oxygens (including phenoxy) is 1. The van der Waals surface area contributed by atoms with E-state index >= 15 is 0 Å². The molecule has 0 saturated carbocycles. The molecule has 6 nitrogen and oxygen atoms in total. The highest BCUT2D eigenvalue weighted by Crippen LogP contribution is 2.29. The first kappa shape index (κ1) is 17.8. The Balaban J connectivity index is 2.27.